The molecule has 0 unspecified atom stereocenters. The third kappa shape index (κ3) is 6.24. The summed E-state index contributed by atoms with van der Waals surface area (Å²) in [7, 11) is -2.34. The molecule has 0 saturated heterocycles. The maximum Gasteiger partial charge on any atom is 0.241 e. The zero-order valence-corrected chi connectivity index (χ0v) is 21.1. The van der Waals surface area contributed by atoms with Crippen LogP contribution in [0, 0.1) is 20.8 Å². The van der Waals surface area contributed by atoms with Crippen LogP contribution in [0.15, 0.2) is 71.6 Å². The molecular formula is C27H32N2O4S. The Balaban J connectivity index is 1.88. The Morgan fingerprint density at radius 3 is 2.09 bits per heavy atom. The van der Waals surface area contributed by atoms with E-state index in [2.05, 4.69) is 10.0 Å². The van der Waals surface area contributed by atoms with Crippen LogP contribution in [0.3, 0.4) is 0 Å². The SMILES string of the molecule is COc1ccc([C@@H](C)NC(=O)[C@H](Cc2ccccc2)NS(=O)(=O)c2c(C)cc(C)cc2C)cc1. The van der Waals surface area contributed by atoms with E-state index >= 15 is 0 Å². The number of rotatable bonds is 9. The molecule has 0 spiro atoms. The number of sulfonamides is 1. The van der Waals surface area contributed by atoms with Crippen LogP contribution >= 0.6 is 0 Å². The van der Waals surface area contributed by atoms with Crippen LogP contribution < -0.4 is 14.8 Å². The summed E-state index contributed by atoms with van der Waals surface area (Å²) in [5.74, 6) is 0.332. The first-order valence-electron chi connectivity index (χ1n) is 11.2. The lowest BCUT2D eigenvalue weighted by atomic mass is 10.0. The largest absolute Gasteiger partial charge is 0.497 e. The first-order valence-corrected chi connectivity index (χ1v) is 12.7. The molecule has 0 aliphatic rings. The molecule has 0 bridgehead atoms. The molecule has 2 N–H and O–H groups in total. The van der Waals surface area contributed by atoms with Gasteiger partial charge in [0.15, 0.2) is 0 Å². The van der Waals surface area contributed by atoms with E-state index in [9.17, 15) is 13.2 Å². The van der Waals surface area contributed by atoms with E-state index < -0.39 is 22.0 Å². The molecule has 3 aromatic carbocycles. The Labute approximate surface area is 202 Å². The molecule has 0 saturated carbocycles. The monoisotopic (exact) mass is 480 g/mol. The summed E-state index contributed by atoms with van der Waals surface area (Å²) < 4.78 is 34.7. The molecule has 3 aromatic rings. The highest BCUT2D eigenvalue weighted by molar-refractivity contribution is 7.89. The van der Waals surface area contributed by atoms with E-state index in [1.165, 1.54) is 0 Å². The van der Waals surface area contributed by atoms with E-state index in [1.54, 1.807) is 21.0 Å². The lowest BCUT2D eigenvalue weighted by molar-refractivity contribution is -0.123. The van der Waals surface area contributed by atoms with Gasteiger partial charge < -0.3 is 10.1 Å². The van der Waals surface area contributed by atoms with Gasteiger partial charge in [-0.3, -0.25) is 4.79 Å². The number of methoxy groups -OCH3 is 1. The molecule has 0 aromatic heterocycles. The van der Waals surface area contributed by atoms with Gasteiger partial charge in [0, 0.05) is 0 Å². The Bertz CT molecular complexity index is 1220. The van der Waals surface area contributed by atoms with Crippen LogP contribution in [0.1, 0.15) is 40.8 Å². The van der Waals surface area contributed by atoms with Crippen molar-refractivity contribution in [1.82, 2.24) is 10.0 Å². The fourth-order valence-electron chi connectivity index (χ4n) is 4.16. The second-order valence-electron chi connectivity index (χ2n) is 8.59. The van der Waals surface area contributed by atoms with Gasteiger partial charge in [0.1, 0.15) is 11.8 Å². The molecule has 0 aliphatic heterocycles. The fraction of sp³-hybridized carbons (Fsp3) is 0.296. The van der Waals surface area contributed by atoms with Crippen molar-refractivity contribution in [2.75, 3.05) is 7.11 Å². The third-order valence-electron chi connectivity index (χ3n) is 5.74. The van der Waals surface area contributed by atoms with E-state index in [1.807, 2.05) is 80.6 Å². The molecule has 0 radical (unpaired) electrons. The van der Waals surface area contributed by atoms with Crippen LogP contribution in [0.2, 0.25) is 0 Å². The average Bonchev–Trinajstić information content (AvgIpc) is 2.78. The molecule has 180 valence electrons. The number of benzene rings is 3. The van der Waals surface area contributed by atoms with Gasteiger partial charge in [0.2, 0.25) is 15.9 Å². The molecule has 0 heterocycles. The topological polar surface area (TPSA) is 84.5 Å². The minimum Gasteiger partial charge on any atom is -0.497 e. The number of ether oxygens (including phenoxy) is 1. The summed E-state index contributed by atoms with van der Waals surface area (Å²) in [5.41, 5.74) is 4.03. The Hall–Kier alpha value is -3.16. The smallest absolute Gasteiger partial charge is 0.241 e. The van der Waals surface area contributed by atoms with Gasteiger partial charge in [0.25, 0.3) is 0 Å². The maximum absolute atomic E-state index is 13.4. The van der Waals surface area contributed by atoms with E-state index in [0.717, 1.165) is 22.4 Å². The summed E-state index contributed by atoms with van der Waals surface area (Å²) in [5, 5.41) is 2.96. The average molecular weight is 481 g/mol. The molecule has 0 fully saturated rings. The minimum absolute atomic E-state index is 0.215. The van der Waals surface area contributed by atoms with E-state index in [-0.39, 0.29) is 17.4 Å². The van der Waals surface area contributed by atoms with Crippen molar-refractivity contribution >= 4 is 15.9 Å². The van der Waals surface area contributed by atoms with Crippen LogP contribution in [0.25, 0.3) is 0 Å². The molecular weight excluding hydrogens is 448 g/mol. The summed E-state index contributed by atoms with van der Waals surface area (Å²) in [6, 6.07) is 19.1. The summed E-state index contributed by atoms with van der Waals surface area (Å²) >= 11 is 0. The highest BCUT2D eigenvalue weighted by Crippen LogP contribution is 2.23. The Morgan fingerprint density at radius 2 is 1.53 bits per heavy atom. The second-order valence-corrected chi connectivity index (χ2v) is 10.2. The zero-order chi connectivity index (χ0) is 24.9. The number of carbonyl (C=O) groups is 1. The molecule has 0 aliphatic carbocycles. The molecule has 34 heavy (non-hydrogen) atoms. The summed E-state index contributed by atoms with van der Waals surface area (Å²) in [6.45, 7) is 7.33. The van der Waals surface area contributed by atoms with Crippen LogP contribution in [0.4, 0.5) is 0 Å². The fourth-order valence-corrected chi connectivity index (χ4v) is 5.81. The summed E-state index contributed by atoms with van der Waals surface area (Å²) in [6.07, 6.45) is 0.227. The van der Waals surface area contributed by atoms with Crippen molar-refractivity contribution in [2.24, 2.45) is 0 Å². The number of hydrogen-bond donors (Lipinski definition) is 2. The van der Waals surface area contributed by atoms with Crippen molar-refractivity contribution in [1.29, 1.82) is 0 Å². The van der Waals surface area contributed by atoms with Gasteiger partial charge in [-0.1, -0.05) is 60.2 Å². The lowest BCUT2D eigenvalue weighted by Crippen LogP contribution is -2.48. The Kier molecular flexibility index (Phi) is 8.12. The zero-order valence-electron chi connectivity index (χ0n) is 20.3. The number of amides is 1. The van der Waals surface area contributed by atoms with Crippen molar-refractivity contribution in [3.63, 3.8) is 0 Å². The van der Waals surface area contributed by atoms with Crippen molar-refractivity contribution in [2.45, 2.75) is 51.1 Å². The highest BCUT2D eigenvalue weighted by atomic mass is 32.2. The van der Waals surface area contributed by atoms with E-state index in [0.29, 0.717) is 11.1 Å². The van der Waals surface area contributed by atoms with Gasteiger partial charge in [-0.15, -0.1) is 0 Å². The lowest BCUT2D eigenvalue weighted by Gasteiger charge is -2.23. The third-order valence-corrected chi connectivity index (χ3v) is 7.52. The summed E-state index contributed by atoms with van der Waals surface area (Å²) in [4.78, 5) is 13.5. The van der Waals surface area contributed by atoms with Gasteiger partial charge in [-0.05, 0) is 68.5 Å². The van der Waals surface area contributed by atoms with Gasteiger partial charge in [-0.2, -0.15) is 4.72 Å². The van der Waals surface area contributed by atoms with Gasteiger partial charge in [-0.25, -0.2) is 8.42 Å². The van der Waals surface area contributed by atoms with Crippen LogP contribution in [-0.2, 0) is 21.2 Å². The van der Waals surface area contributed by atoms with Crippen molar-refractivity contribution in [3.05, 3.63) is 94.5 Å². The van der Waals surface area contributed by atoms with Crippen molar-refractivity contribution in [3.8, 4) is 5.75 Å². The maximum atomic E-state index is 13.4. The Morgan fingerprint density at radius 1 is 0.941 bits per heavy atom. The standard InChI is InChI=1S/C27H32N2O4S/c1-18-15-19(2)26(20(3)16-18)34(31,32)29-25(17-22-9-7-6-8-10-22)27(30)28-21(4)23-11-13-24(33-5)14-12-23/h6-16,21,25,29H,17H2,1-5H3,(H,28,30)/t21-,25+/m1/s1. The molecule has 7 heteroatoms. The van der Waals surface area contributed by atoms with Gasteiger partial charge in [0.05, 0.1) is 18.0 Å². The quantitative estimate of drug-likeness (QED) is 0.476. The molecule has 2 atom stereocenters. The number of nitrogens with one attached hydrogen (secondary N) is 2. The van der Waals surface area contributed by atoms with E-state index in [4.69, 9.17) is 4.74 Å². The molecule has 1 amide bonds. The normalized spacial score (nSPS) is 13.2. The number of hydrogen-bond acceptors (Lipinski definition) is 4. The first-order chi connectivity index (χ1) is 16.1. The number of aryl methyl sites for hydroxylation is 3. The second kappa shape index (κ2) is 10.8. The molecule has 3 rings (SSSR count). The predicted molar refractivity (Wildman–Crippen MR) is 134 cm³/mol. The van der Waals surface area contributed by atoms with Crippen LogP contribution in [0.5, 0.6) is 5.75 Å². The van der Waals surface area contributed by atoms with Crippen molar-refractivity contribution < 1.29 is 17.9 Å². The minimum atomic E-state index is -3.94. The first kappa shape index (κ1) is 25.5. The predicted octanol–water partition coefficient (Wildman–Crippen LogP) is 4.39. The molecule has 6 nitrogen and oxygen atoms in total. The number of carbonyl (C=O) groups excluding carboxylic acids is 1. The highest BCUT2D eigenvalue weighted by Gasteiger charge is 2.29. The van der Waals surface area contributed by atoms with Gasteiger partial charge >= 0.3 is 0 Å². The van der Waals surface area contributed by atoms with Crippen LogP contribution in [-0.4, -0.2) is 27.5 Å².